The van der Waals surface area contributed by atoms with Crippen molar-refractivity contribution in [2.75, 3.05) is 35.2 Å². The molecule has 2 unspecified atom stereocenters. The van der Waals surface area contributed by atoms with Gasteiger partial charge in [0.25, 0.3) is 0 Å². The van der Waals surface area contributed by atoms with Gasteiger partial charge in [-0.1, -0.05) is 44.7 Å². The van der Waals surface area contributed by atoms with E-state index in [2.05, 4.69) is 35.7 Å². The van der Waals surface area contributed by atoms with Gasteiger partial charge < -0.3 is 15.7 Å². The first kappa shape index (κ1) is 23.9. The van der Waals surface area contributed by atoms with Gasteiger partial charge in [0, 0.05) is 30.4 Å². The molecule has 10 heteroatoms. The third-order valence-electron chi connectivity index (χ3n) is 6.00. The fourth-order valence-corrected chi connectivity index (χ4v) is 5.25. The molecule has 4 rings (SSSR count). The molecule has 2 atom stereocenters. The molecule has 1 saturated heterocycles. The van der Waals surface area contributed by atoms with E-state index in [-0.39, 0.29) is 36.3 Å². The Hall–Kier alpha value is -3.24. The number of aromatic nitrogens is 3. The van der Waals surface area contributed by atoms with E-state index in [1.165, 1.54) is 4.52 Å². The number of rotatable bonds is 4. The van der Waals surface area contributed by atoms with E-state index in [1.54, 1.807) is 12.4 Å². The summed E-state index contributed by atoms with van der Waals surface area (Å²) in [5.41, 5.74) is 9.65. The van der Waals surface area contributed by atoms with E-state index in [9.17, 15) is 13.5 Å². The average Bonchev–Trinajstić information content (AvgIpc) is 3.23. The van der Waals surface area contributed by atoms with Gasteiger partial charge >= 0.3 is 0 Å². The van der Waals surface area contributed by atoms with Crippen molar-refractivity contribution in [3.63, 3.8) is 0 Å². The van der Waals surface area contributed by atoms with Gasteiger partial charge in [0.05, 0.1) is 35.1 Å². The van der Waals surface area contributed by atoms with Gasteiger partial charge in [-0.2, -0.15) is 9.61 Å². The molecular weight excluding hydrogens is 452 g/mol. The fourth-order valence-electron chi connectivity index (χ4n) is 4.05. The summed E-state index contributed by atoms with van der Waals surface area (Å²) in [6.45, 7) is 8.44. The molecular formula is C24H30N6O3S. The zero-order chi connectivity index (χ0) is 24.5. The maximum atomic E-state index is 12.0. The lowest BCUT2D eigenvalue weighted by Gasteiger charge is -2.31. The highest BCUT2D eigenvalue weighted by molar-refractivity contribution is 7.91. The molecule has 1 fully saturated rings. The maximum Gasteiger partial charge on any atom is 0.167 e. The number of hydrogen-bond acceptors (Lipinski definition) is 8. The standard InChI is InChI=1S/C24H30N6O3S/c1-4-20(31)21-22(25)30-23(28-24(21)29-9-11-34(32,33)12-10-29)19(15-27-30)18-13-16(2)7-5-6-8-17(3)26-14-18/h5-8,13-16,20,31H,3-4,9-12,25H2,1-2H3/b7-5-,8-6-,18-13+,26-14-. The molecule has 9 nitrogen and oxygen atoms in total. The number of nitrogen functional groups attached to an aromatic ring is 1. The Labute approximate surface area is 199 Å². The summed E-state index contributed by atoms with van der Waals surface area (Å²) in [6, 6.07) is 0. The predicted octanol–water partition coefficient (Wildman–Crippen LogP) is 2.72. The minimum atomic E-state index is -3.08. The van der Waals surface area contributed by atoms with E-state index < -0.39 is 15.9 Å². The Morgan fingerprint density at radius 1 is 1.29 bits per heavy atom. The summed E-state index contributed by atoms with van der Waals surface area (Å²) in [7, 11) is -3.08. The number of fused-ring (bicyclic) bond motifs is 1. The first-order valence-corrected chi connectivity index (χ1v) is 13.1. The van der Waals surface area contributed by atoms with Crippen molar-refractivity contribution in [2.45, 2.75) is 26.4 Å². The number of aliphatic imine (C=N–C) groups is 1. The van der Waals surface area contributed by atoms with Crippen molar-refractivity contribution in [1.82, 2.24) is 14.6 Å². The highest BCUT2D eigenvalue weighted by Gasteiger charge is 2.29. The second-order valence-electron chi connectivity index (χ2n) is 8.57. The van der Waals surface area contributed by atoms with Crippen LogP contribution in [0.25, 0.3) is 11.2 Å². The number of sulfone groups is 1. The van der Waals surface area contributed by atoms with Crippen LogP contribution < -0.4 is 10.6 Å². The molecule has 0 bridgehead atoms. The van der Waals surface area contributed by atoms with Crippen molar-refractivity contribution >= 4 is 38.9 Å². The number of nitrogens with two attached hydrogens (primary N) is 1. The second-order valence-corrected chi connectivity index (χ2v) is 10.9. The normalized spacial score (nSPS) is 26.0. The number of aliphatic hydroxyl groups is 1. The van der Waals surface area contributed by atoms with Crippen LogP contribution in [0.2, 0.25) is 0 Å². The molecule has 0 radical (unpaired) electrons. The van der Waals surface area contributed by atoms with E-state index in [1.807, 2.05) is 30.1 Å². The lowest BCUT2D eigenvalue weighted by atomic mass is 10.0. The first-order valence-electron chi connectivity index (χ1n) is 11.3. The number of hydrogen-bond donors (Lipinski definition) is 2. The number of anilines is 2. The Kier molecular flexibility index (Phi) is 6.72. The van der Waals surface area contributed by atoms with Gasteiger partial charge in [0.1, 0.15) is 11.6 Å². The quantitative estimate of drug-likeness (QED) is 0.686. The Morgan fingerprint density at radius 2 is 2.03 bits per heavy atom. The van der Waals surface area contributed by atoms with E-state index in [0.29, 0.717) is 29.1 Å². The molecule has 2 aromatic rings. The highest BCUT2D eigenvalue weighted by Crippen LogP contribution is 2.35. The van der Waals surface area contributed by atoms with Crippen LogP contribution in [0, 0.1) is 5.92 Å². The van der Waals surface area contributed by atoms with Gasteiger partial charge in [0.15, 0.2) is 15.5 Å². The Morgan fingerprint density at radius 3 is 2.74 bits per heavy atom. The number of aliphatic hydroxyl groups excluding tert-OH is 1. The molecule has 0 saturated carbocycles. The summed E-state index contributed by atoms with van der Waals surface area (Å²) < 4.78 is 25.5. The highest BCUT2D eigenvalue weighted by atomic mass is 32.2. The van der Waals surface area contributed by atoms with Crippen LogP contribution in [-0.2, 0) is 9.84 Å². The predicted molar refractivity (Wildman–Crippen MR) is 137 cm³/mol. The second kappa shape index (κ2) is 9.55. The number of allylic oxidation sites excluding steroid dienone is 6. The molecule has 2 aliphatic heterocycles. The van der Waals surface area contributed by atoms with E-state index in [4.69, 9.17) is 10.7 Å². The Bertz CT molecular complexity index is 1320. The summed E-state index contributed by atoms with van der Waals surface area (Å²) in [5, 5.41) is 15.2. The topological polar surface area (TPSA) is 126 Å². The molecule has 4 heterocycles. The van der Waals surface area contributed by atoms with Crippen molar-refractivity contribution < 1.29 is 13.5 Å². The van der Waals surface area contributed by atoms with Gasteiger partial charge in [0.2, 0.25) is 0 Å². The van der Waals surface area contributed by atoms with Crippen LogP contribution >= 0.6 is 0 Å². The van der Waals surface area contributed by atoms with Crippen molar-refractivity contribution in [3.8, 4) is 0 Å². The van der Waals surface area contributed by atoms with Crippen LogP contribution in [0.15, 0.2) is 53.8 Å². The monoisotopic (exact) mass is 482 g/mol. The molecule has 180 valence electrons. The number of nitrogens with zero attached hydrogens (tertiary/aromatic N) is 5. The third kappa shape index (κ3) is 4.83. The summed E-state index contributed by atoms with van der Waals surface area (Å²) in [6.07, 6.45) is 12.8. The van der Waals surface area contributed by atoms with Crippen molar-refractivity contribution in [2.24, 2.45) is 10.9 Å². The molecule has 3 N–H and O–H groups in total. The zero-order valence-electron chi connectivity index (χ0n) is 19.4. The third-order valence-corrected chi connectivity index (χ3v) is 7.61. The average molecular weight is 483 g/mol. The SMILES string of the molecule is C=C1/C=C\C=C/C(C)/C=C(c2cnn3c(N)c(C(O)CC)c(N4CCS(=O)(=O)CC4)nc23)\C=N/1. The molecule has 0 amide bonds. The first-order chi connectivity index (χ1) is 16.2. The van der Waals surface area contributed by atoms with E-state index in [0.717, 1.165) is 11.1 Å². The van der Waals surface area contributed by atoms with Gasteiger partial charge in [-0.25, -0.2) is 13.4 Å². The van der Waals surface area contributed by atoms with Crippen LogP contribution in [0.5, 0.6) is 0 Å². The van der Waals surface area contributed by atoms with Crippen LogP contribution in [-0.4, -0.2) is 58.9 Å². The summed E-state index contributed by atoms with van der Waals surface area (Å²) in [5.74, 6) is 0.966. The van der Waals surface area contributed by atoms with Gasteiger partial charge in [-0.15, -0.1) is 0 Å². The van der Waals surface area contributed by atoms with Gasteiger partial charge in [-0.05, 0) is 18.4 Å². The molecule has 0 aromatic carbocycles. The minimum Gasteiger partial charge on any atom is -0.388 e. The summed E-state index contributed by atoms with van der Waals surface area (Å²) >= 11 is 0. The summed E-state index contributed by atoms with van der Waals surface area (Å²) in [4.78, 5) is 11.2. The largest absolute Gasteiger partial charge is 0.388 e. The maximum absolute atomic E-state index is 12.0. The fraction of sp³-hybridized carbons (Fsp3) is 0.375. The lowest BCUT2D eigenvalue weighted by Crippen LogP contribution is -2.41. The zero-order valence-corrected chi connectivity index (χ0v) is 20.2. The van der Waals surface area contributed by atoms with Gasteiger partial charge in [-0.3, -0.25) is 4.99 Å². The van der Waals surface area contributed by atoms with Crippen LogP contribution in [0.4, 0.5) is 11.6 Å². The molecule has 0 aliphatic carbocycles. The minimum absolute atomic E-state index is 0.0326. The van der Waals surface area contributed by atoms with Crippen LogP contribution in [0.1, 0.15) is 37.5 Å². The smallest absolute Gasteiger partial charge is 0.167 e. The molecule has 2 aromatic heterocycles. The van der Waals surface area contributed by atoms with Crippen LogP contribution in [0.3, 0.4) is 0 Å². The molecule has 2 aliphatic rings. The van der Waals surface area contributed by atoms with Crippen molar-refractivity contribution in [3.05, 3.63) is 60.0 Å². The van der Waals surface area contributed by atoms with Crippen molar-refractivity contribution in [1.29, 1.82) is 0 Å². The molecule has 34 heavy (non-hydrogen) atoms. The van der Waals surface area contributed by atoms with E-state index >= 15 is 0 Å². The molecule has 0 spiro atoms. The Balaban J connectivity index is 1.89. The lowest BCUT2D eigenvalue weighted by molar-refractivity contribution is 0.174.